The summed E-state index contributed by atoms with van der Waals surface area (Å²) in [4.78, 5) is 30.8. The molecule has 5 rings (SSSR count). The van der Waals surface area contributed by atoms with Crippen molar-refractivity contribution in [1.29, 1.82) is 0 Å². The zero-order chi connectivity index (χ0) is 26.3. The van der Waals surface area contributed by atoms with Crippen molar-refractivity contribution in [3.05, 3.63) is 59.8 Å². The van der Waals surface area contributed by atoms with Crippen molar-refractivity contribution in [2.45, 2.75) is 52.2 Å². The van der Waals surface area contributed by atoms with Gasteiger partial charge in [-0.05, 0) is 76.4 Å². The highest BCUT2D eigenvalue weighted by Gasteiger charge is 2.30. The molecule has 0 unspecified atom stereocenters. The first-order chi connectivity index (χ1) is 17.6. The molecule has 1 aliphatic heterocycles. The minimum absolute atomic E-state index is 0.138. The van der Waals surface area contributed by atoms with Crippen LogP contribution in [0.5, 0.6) is 0 Å². The van der Waals surface area contributed by atoms with Gasteiger partial charge in [-0.3, -0.25) is 14.1 Å². The lowest BCUT2D eigenvalue weighted by Crippen LogP contribution is -2.27. The van der Waals surface area contributed by atoms with Crippen LogP contribution in [0.25, 0.3) is 28.1 Å². The lowest BCUT2D eigenvalue weighted by atomic mass is 10.0. The number of esters is 1. The van der Waals surface area contributed by atoms with Crippen molar-refractivity contribution in [3.8, 4) is 11.5 Å². The predicted molar refractivity (Wildman–Crippen MR) is 139 cm³/mol. The van der Waals surface area contributed by atoms with Gasteiger partial charge >= 0.3 is 11.9 Å². The van der Waals surface area contributed by atoms with Gasteiger partial charge < -0.3 is 9.84 Å². The molecule has 0 amide bonds. The van der Waals surface area contributed by atoms with Gasteiger partial charge in [0.15, 0.2) is 11.5 Å². The highest BCUT2D eigenvalue weighted by molar-refractivity contribution is 5.93. The van der Waals surface area contributed by atoms with Gasteiger partial charge in [-0.25, -0.2) is 9.78 Å². The van der Waals surface area contributed by atoms with Gasteiger partial charge in [-0.1, -0.05) is 18.2 Å². The van der Waals surface area contributed by atoms with Gasteiger partial charge in [-0.15, -0.1) is 10.2 Å². The molecule has 0 aliphatic carbocycles. The van der Waals surface area contributed by atoms with Crippen LogP contribution in [0.15, 0.2) is 48.7 Å². The maximum absolute atomic E-state index is 12.3. The summed E-state index contributed by atoms with van der Waals surface area (Å²) in [5.74, 6) is -0.253. The molecule has 192 valence electrons. The summed E-state index contributed by atoms with van der Waals surface area (Å²) in [6.07, 6.45) is 3.44. The van der Waals surface area contributed by atoms with Crippen molar-refractivity contribution in [1.82, 2.24) is 24.5 Å². The average molecular weight is 502 g/mol. The third kappa shape index (κ3) is 5.32. The fourth-order valence-electron chi connectivity index (χ4n) is 4.91. The molecule has 4 heterocycles. The van der Waals surface area contributed by atoms with E-state index in [-0.39, 0.29) is 23.5 Å². The normalized spacial score (nSPS) is 17.4. The highest BCUT2D eigenvalue weighted by atomic mass is 16.6. The average Bonchev–Trinajstić information content (AvgIpc) is 3.48. The Kier molecular flexibility index (Phi) is 6.41. The molecule has 0 spiro atoms. The van der Waals surface area contributed by atoms with Crippen LogP contribution in [0.3, 0.4) is 0 Å². The van der Waals surface area contributed by atoms with Crippen LogP contribution in [-0.4, -0.2) is 60.2 Å². The predicted octanol–water partition coefficient (Wildman–Crippen LogP) is 4.76. The Balaban J connectivity index is 1.37. The fourth-order valence-corrected chi connectivity index (χ4v) is 4.91. The van der Waals surface area contributed by atoms with E-state index >= 15 is 0 Å². The van der Waals surface area contributed by atoms with Crippen LogP contribution in [0.1, 0.15) is 62.5 Å². The summed E-state index contributed by atoms with van der Waals surface area (Å²) in [5, 5.41) is 18.9. The third-order valence-electron chi connectivity index (χ3n) is 6.82. The number of carbonyl (C=O) groups is 2. The van der Waals surface area contributed by atoms with E-state index in [9.17, 15) is 14.7 Å². The quantitative estimate of drug-likeness (QED) is 0.377. The van der Waals surface area contributed by atoms with E-state index in [0.29, 0.717) is 29.1 Å². The van der Waals surface area contributed by atoms with Crippen molar-refractivity contribution in [3.63, 3.8) is 0 Å². The molecule has 1 aromatic carbocycles. The maximum atomic E-state index is 12.3. The molecular weight excluding hydrogens is 470 g/mol. The highest BCUT2D eigenvalue weighted by Crippen LogP contribution is 2.30. The molecule has 3 aromatic heterocycles. The zero-order valence-corrected chi connectivity index (χ0v) is 21.5. The van der Waals surface area contributed by atoms with Crippen molar-refractivity contribution < 1.29 is 19.4 Å². The van der Waals surface area contributed by atoms with E-state index in [4.69, 9.17) is 4.74 Å². The zero-order valence-electron chi connectivity index (χ0n) is 21.5. The van der Waals surface area contributed by atoms with Crippen molar-refractivity contribution >= 4 is 28.5 Å². The summed E-state index contributed by atoms with van der Waals surface area (Å²) in [6.45, 7) is 9.60. The molecule has 0 saturated carbocycles. The van der Waals surface area contributed by atoms with Gasteiger partial charge in [0.2, 0.25) is 0 Å². The third-order valence-corrected chi connectivity index (χ3v) is 6.82. The van der Waals surface area contributed by atoms with Crippen LogP contribution in [0.2, 0.25) is 0 Å². The Bertz CT molecular complexity index is 1490. The number of ether oxygens (including phenoxy) is 1. The number of hydrogen-bond donors (Lipinski definition) is 1. The van der Waals surface area contributed by atoms with E-state index in [1.54, 1.807) is 18.2 Å². The van der Waals surface area contributed by atoms with Crippen LogP contribution in [0.4, 0.5) is 0 Å². The molecular formula is C28H31N5O4. The second kappa shape index (κ2) is 9.55. The molecule has 1 N–H and O–H groups in total. The summed E-state index contributed by atoms with van der Waals surface area (Å²) < 4.78 is 7.44. The standard InChI is InChI=1S/C28H31N5O4/c1-17(32-12-11-18(15-32)13-25(34)37-28(2,3)4)21-8-10-24-30-31-26(33(24)16-21)22-9-7-19-5-6-20(27(35)36)14-23(19)29-22/h5-10,14,16-18H,11-13,15H2,1-4H3,(H,35,36)/t17-,18+/m1/s1. The van der Waals surface area contributed by atoms with Crippen LogP contribution >= 0.6 is 0 Å². The number of aromatic carboxylic acids is 1. The number of nitrogens with zero attached hydrogens (tertiary/aromatic N) is 5. The number of carboxylic acids is 1. The maximum Gasteiger partial charge on any atom is 0.335 e. The lowest BCUT2D eigenvalue weighted by Gasteiger charge is -2.25. The monoisotopic (exact) mass is 501 g/mol. The van der Waals surface area contributed by atoms with Crippen LogP contribution in [-0.2, 0) is 9.53 Å². The summed E-state index contributed by atoms with van der Waals surface area (Å²) >= 11 is 0. The summed E-state index contributed by atoms with van der Waals surface area (Å²) in [5.41, 5.74) is 2.75. The van der Waals surface area contributed by atoms with Crippen molar-refractivity contribution in [2.24, 2.45) is 5.92 Å². The molecule has 0 bridgehead atoms. The topological polar surface area (TPSA) is 110 Å². The molecule has 9 heteroatoms. The van der Waals surface area contributed by atoms with Gasteiger partial charge in [0, 0.05) is 30.6 Å². The van der Waals surface area contributed by atoms with E-state index in [0.717, 1.165) is 30.5 Å². The number of fused-ring (bicyclic) bond motifs is 2. The van der Waals surface area contributed by atoms with E-state index in [1.165, 1.54) is 0 Å². The number of hydrogen-bond acceptors (Lipinski definition) is 7. The summed E-state index contributed by atoms with van der Waals surface area (Å²) in [6, 6.07) is 12.8. The number of pyridine rings is 2. The minimum atomic E-state index is -0.990. The van der Waals surface area contributed by atoms with E-state index < -0.39 is 11.6 Å². The van der Waals surface area contributed by atoms with Crippen LogP contribution in [0, 0.1) is 5.92 Å². The molecule has 1 fully saturated rings. The van der Waals surface area contributed by atoms with Crippen molar-refractivity contribution in [2.75, 3.05) is 13.1 Å². The molecule has 0 radical (unpaired) electrons. The lowest BCUT2D eigenvalue weighted by molar-refractivity contribution is -0.155. The van der Waals surface area contributed by atoms with Gasteiger partial charge in [-0.2, -0.15) is 0 Å². The minimum Gasteiger partial charge on any atom is -0.478 e. The molecule has 9 nitrogen and oxygen atoms in total. The second-order valence-electron chi connectivity index (χ2n) is 10.7. The first kappa shape index (κ1) is 24.8. The SMILES string of the molecule is C[C@H](c1ccc2nnc(-c3ccc4ccc(C(=O)O)cc4n3)n2c1)N1CC[C@@H](CC(=O)OC(C)(C)C)C1. The first-order valence-electron chi connectivity index (χ1n) is 12.5. The van der Waals surface area contributed by atoms with E-state index in [1.807, 2.05) is 49.6 Å². The number of likely N-dealkylation sites (tertiary alicyclic amines) is 1. The van der Waals surface area contributed by atoms with Gasteiger partial charge in [0.25, 0.3) is 0 Å². The smallest absolute Gasteiger partial charge is 0.335 e. The van der Waals surface area contributed by atoms with Crippen LogP contribution < -0.4 is 0 Å². The fraction of sp³-hybridized carbons (Fsp3) is 0.393. The van der Waals surface area contributed by atoms with Gasteiger partial charge in [0.05, 0.1) is 11.1 Å². The molecule has 1 aliphatic rings. The molecule has 2 atom stereocenters. The molecule has 37 heavy (non-hydrogen) atoms. The number of benzene rings is 1. The molecule has 4 aromatic rings. The number of rotatable bonds is 6. The van der Waals surface area contributed by atoms with E-state index in [2.05, 4.69) is 33.1 Å². The number of carboxylic acid groups (broad SMARTS) is 1. The first-order valence-corrected chi connectivity index (χ1v) is 12.5. The Morgan fingerprint density at radius 3 is 2.68 bits per heavy atom. The Labute approximate surface area is 215 Å². The second-order valence-corrected chi connectivity index (χ2v) is 10.7. The van der Waals surface area contributed by atoms with Gasteiger partial charge in [0.1, 0.15) is 11.3 Å². The number of aromatic nitrogens is 4. The Morgan fingerprint density at radius 1 is 1.14 bits per heavy atom. The Morgan fingerprint density at radius 2 is 1.92 bits per heavy atom. The summed E-state index contributed by atoms with van der Waals surface area (Å²) in [7, 11) is 0. The Hall–Kier alpha value is -3.85. The molecule has 1 saturated heterocycles. The largest absolute Gasteiger partial charge is 0.478 e. The number of carbonyl (C=O) groups excluding carboxylic acids is 1.